The van der Waals surface area contributed by atoms with E-state index in [0.717, 1.165) is 0 Å². The number of benzene rings is 1. The second-order valence-corrected chi connectivity index (χ2v) is 4.62. The first-order chi connectivity index (χ1) is 6.43. The molecule has 0 saturated heterocycles. The molecule has 4 nitrogen and oxygen atoms in total. The largest absolute Gasteiger partial charge is 0.375 e. The van der Waals surface area contributed by atoms with Gasteiger partial charge in [-0.3, -0.25) is 4.55 Å². The van der Waals surface area contributed by atoms with Gasteiger partial charge in [0.15, 0.2) is 5.44 Å². The Hall–Kier alpha value is -0.910. The third-order valence-corrected chi connectivity index (χ3v) is 3.08. The van der Waals surface area contributed by atoms with Gasteiger partial charge in [0.05, 0.1) is 0 Å². The maximum atomic E-state index is 10.7. The van der Waals surface area contributed by atoms with Crippen molar-refractivity contribution in [2.24, 2.45) is 0 Å². The SMILES string of the molecule is C[C@H](c1ccccc1)[C@@H](O)S(=O)(=O)O. The Morgan fingerprint density at radius 3 is 2.14 bits per heavy atom. The standard InChI is InChI=1S/C9H12O4S/c1-7(9(10)14(11,12)13)8-5-3-2-4-6-8/h2-7,9-10H,1H3,(H,11,12,13)/t7-,9+/m1/s1. The van der Waals surface area contributed by atoms with Crippen molar-refractivity contribution < 1.29 is 18.1 Å². The van der Waals surface area contributed by atoms with Crippen LogP contribution < -0.4 is 0 Å². The summed E-state index contributed by atoms with van der Waals surface area (Å²) in [6.07, 6.45) is 0. The van der Waals surface area contributed by atoms with Crippen LogP contribution in [0, 0.1) is 0 Å². The van der Waals surface area contributed by atoms with Crippen LogP contribution in [0.3, 0.4) is 0 Å². The van der Waals surface area contributed by atoms with Gasteiger partial charge >= 0.3 is 0 Å². The van der Waals surface area contributed by atoms with Crippen molar-refractivity contribution in [3.63, 3.8) is 0 Å². The van der Waals surface area contributed by atoms with Crippen LogP contribution in [0.4, 0.5) is 0 Å². The second kappa shape index (κ2) is 4.08. The Bertz CT molecular complexity index is 385. The van der Waals surface area contributed by atoms with Crippen LogP contribution in [0.5, 0.6) is 0 Å². The zero-order chi connectivity index (χ0) is 10.8. The first-order valence-electron chi connectivity index (χ1n) is 4.12. The summed E-state index contributed by atoms with van der Waals surface area (Å²) < 4.78 is 29.9. The monoisotopic (exact) mass is 216 g/mol. The minimum atomic E-state index is -4.39. The minimum Gasteiger partial charge on any atom is -0.375 e. The first-order valence-corrected chi connectivity index (χ1v) is 5.62. The summed E-state index contributed by atoms with van der Waals surface area (Å²) in [5.74, 6) is -0.647. The topological polar surface area (TPSA) is 74.6 Å². The van der Waals surface area contributed by atoms with E-state index in [-0.39, 0.29) is 0 Å². The van der Waals surface area contributed by atoms with Crippen LogP contribution in [-0.4, -0.2) is 23.5 Å². The molecule has 0 aliphatic carbocycles. The summed E-state index contributed by atoms with van der Waals surface area (Å²) >= 11 is 0. The number of hydrogen-bond donors (Lipinski definition) is 2. The third kappa shape index (κ3) is 2.54. The van der Waals surface area contributed by atoms with Crippen molar-refractivity contribution in [1.29, 1.82) is 0 Å². The van der Waals surface area contributed by atoms with E-state index in [4.69, 9.17) is 4.55 Å². The fraction of sp³-hybridized carbons (Fsp3) is 0.333. The molecule has 0 saturated carbocycles. The smallest absolute Gasteiger partial charge is 0.292 e. The van der Waals surface area contributed by atoms with Crippen LogP contribution >= 0.6 is 0 Å². The maximum Gasteiger partial charge on any atom is 0.292 e. The zero-order valence-corrected chi connectivity index (χ0v) is 8.48. The zero-order valence-electron chi connectivity index (χ0n) is 7.66. The molecule has 78 valence electrons. The first kappa shape index (κ1) is 11.2. The fourth-order valence-corrected chi connectivity index (χ4v) is 1.85. The van der Waals surface area contributed by atoms with Gasteiger partial charge in [0.25, 0.3) is 10.1 Å². The summed E-state index contributed by atoms with van der Waals surface area (Å²) in [4.78, 5) is 0. The van der Waals surface area contributed by atoms with Gasteiger partial charge in [0.2, 0.25) is 0 Å². The second-order valence-electron chi connectivity index (χ2n) is 3.10. The molecule has 2 atom stereocenters. The van der Waals surface area contributed by atoms with Gasteiger partial charge in [-0.05, 0) is 5.56 Å². The lowest BCUT2D eigenvalue weighted by molar-refractivity contribution is 0.209. The number of aliphatic hydroxyl groups excluding tert-OH is 1. The predicted molar refractivity (Wildman–Crippen MR) is 52.4 cm³/mol. The molecule has 1 rings (SSSR count). The molecular formula is C9H12O4S. The highest BCUT2D eigenvalue weighted by Crippen LogP contribution is 2.21. The molecule has 0 aromatic heterocycles. The quantitative estimate of drug-likeness (QED) is 0.739. The van der Waals surface area contributed by atoms with Gasteiger partial charge in [-0.15, -0.1) is 0 Å². The Kier molecular flexibility index (Phi) is 3.25. The number of rotatable bonds is 3. The molecule has 0 unspecified atom stereocenters. The average molecular weight is 216 g/mol. The van der Waals surface area contributed by atoms with Crippen molar-refractivity contribution in [3.05, 3.63) is 35.9 Å². The van der Waals surface area contributed by atoms with E-state index in [2.05, 4.69) is 0 Å². The van der Waals surface area contributed by atoms with Gasteiger partial charge in [-0.1, -0.05) is 37.3 Å². The predicted octanol–water partition coefficient (Wildman–Crippen LogP) is 0.996. The van der Waals surface area contributed by atoms with E-state index < -0.39 is 21.5 Å². The van der Waals surface area contributed by atoms with E-state index in [0.29, 0.717) is 5.56 Å². The number of hydrogen-bond acceptors (Lipinski definition) is 3. The Labute approximate surface area is 82.9 Å². The lowest BCUT2D eigenvalue weighted by Gasteiger charge is -2.15. The molecule has 1 aromatic carbocycles. The third-order valence-electron chi connectivity index (χ3n) is 2.06. The Morgan fingerprint density at radius 2 is 1.71 bits per heavy atom. The molecule has 0 heterocycles. The van der Waals surface area contributed by atoms with Crippen LogP contribution in [0.25, 0.3) is 0 Å². The summed E-state index contributed by atoms with van der Waals surface area (Å²) in [5, 5.41) is 9.27. The molecule has 0 aliphatic rings. The van der Waals surface area contributed by atoms with Gasteiger partial charge < -0.3 is 5.11 Å². The highest BCUT2D eigenvalue weighted by molar-refractivity contribution is 7.86. The molecule has 1 aromatic rings. The molecule has 5 heteroatoms. The molecule has 0 fully saturated rings. The molecular weight excluding hydrogens is 204 g/mol. The molecule has 0 amide bonds. The van der Waals surface area contributed by atoms with E-state index in [1.54, 1.807) is 30.3 Å². The van der Waals surface area contributed by atoms with Crippen LogP contribution in [0.2, 0.25) is 0 Å². The van der Waals surface area contributed by atoms with Gasteiger partial charge in [-0.25, -0.2) is 0 Å². The molecule has 0 spiro atoms. The molecule has 0 radical (unpaired) electrons. The average Bonchev–Trinajstić information content (AvgIpc) is 2.15. The minimum absolute atomic E-state index is 0.647. The molecule has 14 heavy (non-hydrogen) atoms. The van der Waals surface area contributed by atoms with E-state index in [9.17, 15) is 13.5 Å². The van der Waals surface area contributed by atoms with E-state index in [1.807, 2.05) is 0 Å². The van der Waals surface area contributed by atoms with Crippen molar-refractivity contribution in [2.45, 2.75) is 18.3 Å². The number of aliphatic hydroxyl groups is 1. The Morgan fingerprint density at radius 1 is 1.21 bits per heavy atom. The van der Waals surface area contributed by atoms with E-state index >= 15 is 0 Å². The molecule has 0 bridgehead atoms. The summed E-state index contributed by atoms with van der Waals surface area (Å²) in [7, 11) is -4.39. The lowest BCUT2D eigenvalue weighted by Crippen LogP contribution is -2.25. The normalized spacial score (nSPS) is 16.2. The Balaban J connectivity index is 2.92. The van der Waals surface area contributed by atoms with Crippen LogP contribution in [0.15, 0.2) is 30.3 Å². The molecule has 2 N–H and O–H groups in total. The van der Waals surface area contributed by atoms with Crippen LogP contribution in [-0.2, 0) is 10.1 Å². The van der Waals surface area contributed by atoms with Crippen LogP contribution in [0.1, 0.15) is 18.4 Å². The summed E-state index contributed by atoms with van der Waals surface area (Å²) in [6, 6.07) is 8.65. The van der Waals surface area contributed by atoms with E-state index in [1.165, 1.54) is 6.92 Å². The molecule has 0 aliphatic heterocycles. The highest BCUT2D eigenvalue weighted by atomic mass is 32.2. The fourth-order valence-electron chi connectivity index (χ4n) is 1.18. The highest BCUT2D eigenvalue weighted by Gasteiger charge is 2.27. The van der Waals surface area contributed by atoms with Gasteiger partial charge in [-0.2, -0.15) is 8.42 Å². The summed E-state index contributed by atoms with van der Waals surface area (Å²) in [5.41, 5.74) is -1.11. The summed E-state index contributed by atoms with van der Waals surface area (Å²) in [6.45, 7) is 1.54. The van der Waals surface area contributed by atoms with Crippen molar-refractivity contribution in [1.82, 2.24) is 0 Å². The maximum absolute atomic E-state index is 10.7. The van der Waals surface area contributed by atoms with Crippen molar-refractivity contribution in [3.8, 4) is 0 Å². The van der Waals surface area contributed by atoms with Gasteiger partial charge in [0.1, 0.15) is 0 Å². The van der Waals surface area contributed by atoms with Crippen molar-refractivity contribution >= 4 is 10.1 Å². The van der Waals surface area contributed by atoms with Crippen molar-refractivity contribution in [2.75, 3.05) is 0 Å². The lowest BCUT2D eigenvalue weighted by atomic mass is 10.0. The van der Waals surface area contributed by atoms with Gasteiger partial charge in [0, 0.05) is 5.92 Å².